The molecule has 0 aliphatic heterocycles. The monoisotopic (exact) mass is 223 g/mol. The van der Waals surface area contributed by atoms with Gasteiger partial charge in [0.1, 0.15) is 0 Å². The zero-order chi connectivity index (χ0) is 11.3. The molecule has 84 valence electrons. The zero-order valence-electron chi connectivity index (χ0n) is 10.1. The second-order valence-electron chi connectivity index (χ2n) is 4.02. The van der Waals surface area contributed by atoms with Crippen molar-refractivity contribution in [3.05, 3.63) is 24.3 Å². The van der Waals surface area contributed by atoms with E-state index in [2.05, 4.69) is 56.6 Å². The van der Waals surface area contributed by atoms with Gasteiger partial charge in [-0.2, -0.15) is 0 Å². The van der Waals surface area contributed by atoms with Crippen molar-refractivity contribution in [2.24, 2.45) is 5.92 Å². The summed E-state index contributed by atoms with van der Waals surface area (Å²) in [6.07, 6.45) is 3.34. The molecule has 0 aliphatic carbocycles. The van der Waals surface area contributed by atoms with Gasteiger partial charge in [0.25, 0.3) is 0 Å². The number of thioether (sulfide) groups is 1. The Kier molecular flexibility index (Phi) is 5.03. The first kappa shape index (κ1) is 12.4. The van der Waals surface area contributed by atoms with Crippen molar-refractivity contribution in [3.63, 3.8) is 0 Å². The van der Waals surface area contributed by atoms with Gasteiger partial charge in [0, 0.05) is 16.6 Å². The van der Waals surface area contributed by atoms with E-state index in [1.54, 1.807) is 11.8 Å². The average Bonchev–Trinajstić information content (AvgIpc) is 2.28. The highest BCUT2D eigenvalue weighted by Gasteiger charge is 2.10. The Labute approximate surface area is 97.7 Å². The highest BCUT2D eigenvalue weighted by atomic mass is 32.2. The van der Waals surface area contributed by atoms with Gasteiger partial charge >= 0.3 is 0 Å². The third kappa shape index (κ3) is 3.45. The summed E-state index contributed by atoms with van der Waals surface area (Å²) < 4.78 is 0. The van der Waals surface area contributed by atoms with Crippen molar-refractivity contribution in [2.75, 3.05) is 11.6 Å². The summed E-state index contributed by atoms with van der Waals surface area (Å²) in [6.45, 7) is 6.79. The lowest BCUT2D eigenvalue weighted by Gasteiger charge is -2.22. The van der Waals surface area contributed by atoms with Crippen LogP contribution in [0.3, 0.4) is 0 Å². The summed E-state index contributed by atoms with van der Waals surface area (Å²) >= 11 is 1.79. The Morgan fingerprint density at radius 1 is 1.27 bits per heavy atom. The summed E-state index contributed by atoms with van der Waals surface area (Å²) in [6, 6.07) is 9.03. The number of benzene rings is 1. The predicted molar refractivity (Wildman–Crippen MR) is 70.8 cm³/mol. The van der Waals surface area contributed by atoms with E-state index < -0.39 is 0 Å². The Morgan fingerprint density at radius 3 is 2.53 bits per heavy atom. The molecule has 1 N–H and O–H groups in total. The van der Waals surface area contributed by atoms with Crippen LogP contribution in [0.25, 0.3) is 0 Å². The Morgan fingerprint density at radius 2 is 1.93 bits per heavy atom. The fourth-order valence-electron chi connectivity index (χ4n) is 1.50. The molecule has 0 saturated heterocycles. The highest BCUT2D eigenvalue weighted by molar-refractivity contribution is 7.98. The minimum Gasteiger partial charge on any atom is -0.381 e. The fourth-order valence-corrected chi connectivity index (χ4v) is 2.07. The number of hydrogen-bond acceptors (Lipinski definition) is 2. The molecule has 1 rings (SSSR count). The van der Waals surface area contributed by atoms with E-state index in [9.17, 15) is 0 Å². The van der Waals surface area contributed by atoms with Crippen LogP contribution in [0, 0.1) is 5.92 Å². The maximum atomic E-state index is 3.59. The number of rotatable bonds is 5. The molecule has 2 unspecified atom stereocenters. The number of anilines is 1. The Balaban J connectivity index is 2.71. The minimum atomic E-state index is 0.531. The first-order valence-electron chi connectivity index (χ1n) is 5.58. The maximum Gasteiger partial charge on any atom is 0.0480 e. The molecule has 1 aromatic rings. The quantitative estimate of drug-likeness (QED) is 0.749. The lowest BCUT2D eigenvalue weighted by molar-refractivity contribution is 0.494. The molecule has 0 amide bonds. The van der Waals surface area contributed by atoms with E-state index >= 15 is 0 Å². The van der Waals surface area contributed by atoms with Crippen LogP contribution in [0.4, 0.5) is 5.69 Å². The minimum absolute atomic E-state index is 0.531. The summed E-state index contributed by atoms with van der Waals surface area (Å²) in [7, 11) is 0. The molecule has 0 fully saturated rings. The molecule has 1 nitrogen and oxygen atoms in total. The summed E-state index contributed by atoms with van der Waals surface area (Å²) in [5, 5.41) is 3.59. The standard InChI is InChI=1S/C13H21NS/c1-5-10(2)11(3)14-12-8-6-7-9-13(12)15-4/h6-11,14H,5H2,1-4H3. The van der Waals surface area contributed by atoms with Crippen LogP contribution in [0.5, 0.6) is 0 Å². The molecule has 1 aromatic carbocycles. The van der Waals surface area contributed by atoms with Crippen LogP contribution in [-0.4, -0.2) is 12.3 Å². The molecule has 0 aromatic heterocycles. The molecule has 2 atom stereocenters. The van der Waals surface area contributed by atoms with Crippen molar-refractivity contribution in [2.45, 2.75) is 38.1 Å². The number of hydrogen-bond donors (Lipinski definition) is 1. The van der Waals surface area contributed by atoms with Gasteiger partial charge in [-0.1, -0.05) is 32.4 Å². The predicted octanol–water partition coefficient (Wildman–Crippen LogP) is 4.26. The fraction of sp³-hybridized carbons (Fsp3) is 0.538. The Hall–Kier alpha value is -0.630. The van der Waals surface area contributed by atoms with Crippen LogP contribution in [0.15, 0.2) is 29.2 Å². The molecule has 0 heterocycles. The van der Waals surface area contributed by atoms with E-state index in [0.717, 1.165) is 0 Å². The molecule has 0 radical (unpaired) electrons. The van der Waals surface area contributed by atoms with E-state index in [0.29, 0.717) is 12.0 Å². The molecule has 0 bridgehead atoms. The van der Waals surface area contributed by atoms with Crippen LogP contribution >= 0.6 is 11.8 Å². The van der Waals surface area contributed by atoms with Gasteiger partial charge in [0.2, 0.25) is 0 Å². The smallest absolute Gasteiger partial charge is 0.0480 e. The van der Waals surface area contributed by atoms with E-state index in [4.69, 9.17) is 0 Å². The van der Waals surface area contributed by atoms with Crippen molar-refractivity contribution < 1.29 is 0 Å². The normalized spacial score (nSPS) is 14.7. The second-order valence-corrected chi connectivity index (χ2v) is 4.87. The van der Waals surface area contributed by atoms with Crippen molar-refractivity contribution >= 4 is 17.4 Å². The molecule has 0 spiro atoms. The van der Waals surface area contributed by atoms with Crippen molar-refractivity contribution in [3.8, 4) is 0 Å². The number of para-hydroxylation sites is 1. The Bertz CT molecular complexity index is 298. The van der Waals surface area contributed by atoms with Crippen LogP contribution in [0.1, 0.15) is 27.2 Å². The summed E-state index contributed by atoms with van der Waals surface area (Å²) in [5.74, 6) is 0.708. The third-order valence-corrected chi connectivity index (χ3v) is 3.78. The van der Waals surface area contributed by atoms with Crippen LogP contribution in [0.2, 0.25) is 0 Å². The molecular weight excluding hydrogens is 202 g/mol. The van der Waals surface area contributed by atoms with Crippen LogP contribution in [-0.2, 0) is 0 Å². The second kappa shape index (κ2) is 6.06. The van der Waals surface area contributed by atoms with Gasteiger partial charge in [-0.15, -0.1) is 11.8 Å². The average molecular weight is 223 g/mol. The van der Waals surface area contributed by atoms with Crippen LogP contribution < -0.4 is 5.32 Å². The summed E-state index contributed by atoms with van der Waals surface area (Å²) in [4.78, 5) is 1.33. The first-order valence-corrected chi connectivity index (χ1v) is 6.81. The molecule has 0 aliphatic rings. The number of nitrogens with one attached hydrogen (secondary N) is 1. The van der Waals surface area contributed by atoms with Gasteiger partial charge in [-0.3, -0.25) is 0 Å². The zero-order valence-corrected chi connectivity index (χ0v) is 10.9. The molecule has 2 heteroatoms. The third-order valence-electron chi connectivity index (χ3n) is 2.99. The van der Waals surface area contributed by atoms with Gasteiger partial charge in [-0.25, -0.2) is 0 Å². The topological polar surface area (TPSA) is 12.0 Å². The van der Waals surface area contributed by atoms with E-state index in [-0.39, 0.29) is 0 Å². The molecular formula is C13H21NS. The molecule has 15 heavy (non-hydrogen) atoms. The molecule has 0 saturated carbocycles. The van der Waals surface area contributed by atoms with Crippen molar-refractivity contribution in [1.82, 2.24) is 0 Å². The van der Waals surface area contributed by atoms with Gasteiger partial charge < -0.3 is 5.32 Å². The SMILES string of the molecule is CCC(C)C(C)Nc1ccccc1SC. The van der Waals surface area contributed by atoms with Gasteiger partial charge in [-0.05, 0) is 31.2 Å². The van der Waals surface area contributed by atoms with Gasteiger partial charge in [0.15, 0.2) is 0 Å². The summed E-state index contributed by atoms with van der Waals surface area (Å²) in [5.41, 5.74) is 1.26. The lowest BCUT2D eigenvalue weighted by Crippen LogP contribution is -2.23. The van der Waals surface area contributed by atoms with E-state index in [1.807, 2.05) is 0 Å². The maximum absolute atomic E-state index is 3.59. The lowest BCUT2D eigenvalue weighted by atomic mass is 10.0. The van der Waals surface area contributed by atoms with E-state index in [1.165, 1.54) is 17.0 Å². The highest BCUT2D eigenvalue weighted by Crippen LogP contribution is 2.26. The first-order chi connectivity index (χ1) is 7.19. The van der Waals surface area contributed by atoms with Crippen molar-refractivity contribution in [1.29, 1.82) is 0 Å². The largest absolute Gasteiger partial charge is 0.381 e. The van der Waals surface area contributed by atoms with Gasteiger partial charge in [0.05, 0.1) is 0 Å².